The van der Waals surface area contributed by atoms with Crippen LogP contribution >= 0.6 is 23.2 Å². The molecule has 2 rings (SSSR count). The van der Waals surface area contributed by atoms with Gasteiger partial charge in [-0.1, -0.05) is 30.1 Å². The van der Waals surface area contributed by atoms with Crippen molar-refractivity contribution in [2.24, 2.45) is 0 Å². The molecule has 0 spiro atoms. The Morgan fingerprint density at radius 1 is 1.14 bits per heavy atom. The first-order valence-corrected chi connectivity index (χ1v) is 8.79. The van der Waals surface area contributed by atoms with Crippen LogP contribution in [-0.4, -0.2) is 15.0 Å². The average Bonchev–Trinajstić information content (AvgIpc) is 2.86. The molecule has 1 heterocycles. The number of halogens is 2. The molecule has 0 atom stereocenters. The summed E-state index contributed by atoms with van der Waals surface area (Å²) in [5, 5.41) is 3.58. The Labute approximate surface area is 134 Å². The molecule has 0 bridgehead atoms. The van der Waals surface area contributed by atoms with Crippen LogP contribution in [0, 0.1) is 0 Å². The lowest BCUT2D eigenvalue weighted by molar-refractivity contribution is 0.459. The summed E-state index contributed by atoms with van der Waals surface area (Å²) < 4.78 is 30.3. The Morgan fingerprint density at radius 3 is 2.57 bits per heavy atom. The molecular weight excluding hydrogens is 333 g/mol. The zero-order valence-corrected chi connectivity index (χ0v) is 13.7. The minimum Gasteiger partial charge on any atom is -0.464 e. The summed E-state index contributed by atoms with van der Waals surface area (Å²) >= 11 is 11.8. The van der Waals surface area contributed by atoms with Crippen molar-refractivity contribution in [3.63, 3.8) is 0 Å². The third-order valence-electron chi connectivity index (χ3n) is 2.83. The molecule has 2 aromatic rings. The molecule has 4 nitrogen and oxygen atoms in total. The van der Waals surface area contributed by atoms with Gasteiger partial charge >= 0.3 is 0 Å². The maximum Gasteiger partial charge on any atom is 0.187 e. The van der Waals surface area contributed by atoms with Crippen LogP contribution in [0.5, 0.6) is 0 Å². The number of benzene rings is 1. The first-order chi connectivity index (χ1) is 9.92. The summed E-state index contributed by atoms with van der Waals surface area (Å²) in [4.78, 5) is 0.0151. The lowest BCUT2D eigenvalue weighted by atomic mass is 10.4. The minimum atomic E-state index is -3.60. The van der Waals surface area contributed by atoms with Gasteiger partial charge in [0.05, 0.1) is 16.5 Å². The molecule has 1 N–H and O–H groups in total. The largest absolute Gasteiger partial charge is 0.464 e. The third kappa shape index (κ3) is 4.23. The monoisotopic (exact) mass is 347 g/mol. The fourth-order valence-electron chi connectivity index (χ4n) is 1.82. The van der Waals surface area contributed by atoms with Gasteiger partial charge in [-0.3, -0.25) is 0 Å². The van der Waals surface area contributed by atoms with E-state index in [1.165, 1.54) is 12.1 Å². The quantitative estimate of drug-likeness (QED) is 0.865. The second kappa shape index (κ2) is 6.83. The summed E-state index contributed by atoms with van der Waals surface area (Å²) in [6, 6.07) is 7.78. The van der Waals surface area contributed by atoms with Crippen LogP contribution in [0.25, 0.3) is 0 Å². The molecule has 1 aromatic carbocycles. The molecule has 7 heteroatoms. The van der Waals surface area contributed by atoms with Crippen LogP contribution in [0.4, 0.5) is 0 Å². The number of rotatable bonds is 6. The maximum atomic E-state index is 12.4. The number of hydrogen-bond donors (Lipinski definition) is 1. The number of furan rings is 1. The van der Waals surface area contributed by atoms with Crippen LogP contribution in [0.1, 0.15) is 18.4 Å². The van der Waals surface area contributed by atoms with E-state index in [4.69, 9.17) is 27.6 Å². The first kappa shape index (κ1) is 16.4. The van der Waals surface area contributed by atoms with Crippen molar-refractivity contribution in [1.29, 1.82) is 0 Å². The van der Waals surface area contributed by atoms with Gasteiger partial charge in [0.25, 0.3) is 0 Å². The summed E-state index contributed by atoms with van der Waals surface area (Å²) in [7, 11) is -3.60. The van der Waals surface area contributed by atoms with E-state index < -0.39 is 9.84 Å². The lowest BCUT2D eigenvalue weighted by Crippen LogP contribution is -2.10. The van der Waals surface area contributed by atoms with Gasteiger partial charge in [0, 0.05) is 5.02 Å². The van der Waals surface area contributed by atoms with E-state index in [1.54, 1.807) is 18.2 Å². The molecule has 0 saturated heterocycles. The Hall–Kier alpha value is -1.01. The van der Waals surface area contributed by atoms with E-state index in [1.807, 2.05) is 6.92 Å². The van der Waals surface area contributed by atoms with E-state index in [9.17, 15) is 8.42 Å². The molecule has 0 aliphatic carbocycles. The highest BCUT2D eigenvalue weighted by Gasteiger charge is 2.21. The Morgan fingerprint density at radius 2 is 1.86 bits per heavy atom. The predicted molar refractivity (Wildman–Crippen MR) is 83.4 cm³/mol. The van der Waals surface area contributed by atoms with E-state index in [2.05, 4.69) is 5.32 Å². The molecule has 0 fully saturated rings. The second-order valence-corrected chi connectivity index (χ2v) is 7.28. The topological polar surface area (TPSA) is 59.3 Å². The molecule has 0 radical (unpaired) electrons. The molecule has 114 valence electrons. The van der Waals surface area contributed by atoms with Crippen molar-refractivity contribution in [3.8, 4) is 0 Å². The lowest BCUT2D eigenvalue weighted by Gasteiger charge is -2.05. The second-order valence-electron chi connectivity index (χ2n) is 4.48. The van der Waals surface area contributed by atoms with Gasteiger partial charge in [0.1, 0.15) is 17.3 Å². The molecule has 1 aromatic heterocycles. The SMILES string of the molecule is CCNCc1ccc(CS(=O)(=O)c2cc(Cl)ccc2Cl)o1. The van der Waals surface area contributed by atoms with Crippen LogP contribution in [0.2, 0.25) is 10.0 Å². The van der Waals surface area contributed by atoms with Crippen molar-refractivity contribution in [1.82, 2.24) is 5.32 Å². The Kier molecular flexibility index (Phi) is 5.32. The van der Waals surface area contributed by atoms with Crippen molar-refractivity contribution in [2.75, 3.05) is 6.54 Å². The van der Waals surface area contributed by atoms with Gasteiger partial charge in [-0.05, 0) is 36.9 Å². The zero-order valence-electron chi connectivity index (χ0n) is 11.4. The van der Waals surface area contributed by atoms with Gasteiger partial charge in [-0.25, -0.2) is 8.42 Å². The third-order valence-corrected chi connectivity index (χ3v) is 5.18. The molecule has 0 aliphatic rings. The summed E-state index contributed by atoms with van der Waals surface area (Å²) in [6.45, 7) is 3.36. The fourth-order valence-corrected chi connectivity index (χ4v) is 3.89. The van der Waals surface area contributed by atoms with Crippen LogP contribution in [-0.2, 0) is 22.1 Å². The molecule has 0 aliphatic heterocycles. The summed E-state index contributed by atoms with van der Waals surface area (Å²) in [6.07, 6.45) is 0. The summed E-state index contributed by atoms with van der Waals surface area (Å²) in [5.41, 5.74) is 0. The molecule has 0 unspecified atom stereocenters. The van der Waals surface area contributed by atoms with Crippen LogP contribution in [0.15, 0.2) is 39.6 Å². The van der Waals surface area contributed by atoms with Crippen molar-refractivity contribution >= 4 is 33.0 Å². The highest BCUT2D eigenvalue weighted by Crippen LogP contribution is 2.28. The molecule has 21 heavy (non-hydrogen) atoms. The first-order valence-electron chi connectivity index (χ1n) is 6.38. The van der Waals surface area contributed by atoms with E-state index >= 15 is 0 Å². The van der Waals surface area contributed by atoms with E-state index in [0.717, 1.165) is 6.54 Å². The van der Waals surface area contributed by atoms with Crippen molar-refractivity contribution in [3.05, 3.63) is 51.9 Å². The van der Waals surface area contributed by atoms with Gasteiger partial charge in [-0.2, -0.15) is 0 Å². The highest BCUT2D eigenvalue weighted by molar-refractivity contribution is 7.90. The van der Waals surface area contributed by atoms with Gasteiger partial charge < -0.3 is 9.73 Å². The smallest absolute Gasteiger partial charge is 0.187 e. The standard InChI is InChI=1S/C14H15Cl2NO3S/c1-2-17-8-11-4-5-12(20-11)9-21(18,19)14-7-10(15)3-6-13(14)16/h3-7,17H,2,8-9H2,1H3. The number of sulfone groups is 1. The number of hydrogen-bond acceptors (Lipinski definition) is 4. The van der Waals surface area contributed by atoms with Crippen LogP contribution in [0.3, 0.4) is 0 Å². The maximum absolute atomic E-state index is 12.4. The number of nitrogens with one attached hydrogen (secondary N) is 1. The minimum absolute atomic E-state index is 0.0151. The fraction of sp³-hybridized carbons (Fsp3) is 0.286. The Bertz CT molecular complexity index is 726. The molecule has 0 amide bonds. The average molecular weight is 348 g/mol. The van der Waals surface area contributed by atoms with Crippen LogP contribution < -0.4 is 5.32 Å². The van der Waals surface area contributed by atoms with Gasteiger partial charge in [0.2, 0.25) is 0 Å². The van der Waals surface area contributed by atoms with Crippen molar-refractivity contribution in [2.45, 2.75) is 24.1 Å². The Balaban J connectivity index is 2.21. The highest BCUT2D eigenvalue weighted by atomic mass is 35.5. The van der Waals surface area contributed by atoms with E-state index in [-0.39, 0.29) is 15.7 Å². The van der Waals surface area contributed by atoms with Gasteiger partial charge in [0.15, 0.2) is 9.84 Å². The predicted octanol–water partition coefficient (Wildman–Crippen LogP) is 3.67. The van der Waals surface area contributed by atoms with Crippen molar-refractivity contribution < 1.29 is 12.8 Å². The molecule has 0 saturated carbocycles. The van der Waals surface area contributed by atoms with E-state index in [0.29, 0.717) is 23.1 Å². The zero-order chi connectivity index (χ0) is 15.5. The van der Waals surface area contributed by atoms with Gasteiger partial charge in [-0.15, -0.1) is 0 Å². The normalized spacial score (nSPS) is 11.8. The summed E-state index contributed by atoms with van der Waals surface area (Å²) in [5.74, 6) is 0.817. The molecular formula is C14H15Cl2NO3S.